The number of carbonyl (C=O) groups excluding carboxylic acids is 3. The summed E-state index contributed by atoms with van der Waals surface area (Å²) in [5.41, 5.74) is 0.778. The average Bonchev–Trinajstić information content (AvgIpc) is 3.03. The molecule has 1 aliphatic carbocycles. The van der Waals surface area contributed by atoms with Gasteiger partial charge in [-0.3, -0.25) is 14.4 Å². The van der Waals surface area contributed by atoms with Crippen LogP contribution in [0.3, 0.4) is 0 Å². The fourth-order valence-electron chi connectivity index (χ4n) is 4.19. The van der Waals surface area contributed by atoms with Gasteiger partial charge in [-0.2, -0.15) is 0 Å². The van der Waals surface area contributed by atoms with E-state index in [1.54, 1.807) is 49.6 Å². The molecule has 2 fully saturated rings. The molecule has 0 bridgehead atoms. The topological polar surface area (TPSA) is 72.9 Å². The summed E-state index contributed by atoms with van der Waals surface area (Å²) < 4.78 is 10.8. The molecule has 0 spiro atoms. The first-order valence-corrected chi connectivity index (χ1v) is 10.3. The van der Waals surface area contributed by atoms with E-state index in [4.69, 9.17) is 21.1 Å². The van der Waals surface area contributed by atoms with Gasteiger partial charge < -0.3 is 9.47 Å². The lowest BCUT2D eigenvalue weighted by Crippen LogP contribution is -2.31. The molecule has 1 heterocycles. The minimum atomic E-state index is -0.279. The van der Waals surface area contributed by atoms with Gasteiger partial charge in [0.25, 0.3) is 0 Å². The summed E-state index contributed by atoms with van der Waals surface area (Å²) in [5, 5.41) is 0.384. The third-order valence-electron chi connectivity index (χ3n) is 5.77. The van der Waals surface area contributed by atoms with Crippen LogP contribution in [0.2, 0.25) is 5.02 Å². The molecular formula is C23H22ClNO5. The van der Waals surface area contributed by atoms with Gasteiger partial charge in [-0.1, -0.05) is 24.4 Å². The van der Waals surface area contributed by atoms with Crippen molar-refractivity contribution in [2.45, 2.75) is 25.7 Å². The van der Waals surface area contributed by atoms with Crippen molar-refractivity contribution in [2.75, 3.05) is 18.6 Å². The monoisotopic (exact) mass is 427 g/mol. The normalized spacial score (nSPS) is 20.8. The Hall–Kier alpha value is -2.86. The van der Waals surface area contributed by atoms with Crippen LogP contribution >= 0.6 is 11.6 Å². The molecule has 7 heteroatoms. The third kappa shape index (κ3) is 3.79. The van der Waals surface area contributed by atoms with E-state index in [1.807, 2.05) is 0 Å². The Morgan fingerprint density at radius 2 is 1.67 bits per heavy atom. The molecule has 0 radical (unpaired) electrons. The van der Waals surface area contributed by atoms with Gasteiger partial charge in [0, 0.05) is 10.6 Å². The maximum atomic E-state index is 13.0. The molecule has 2 aliphatic rings. The molecule has 2 unspecified atom stereocenters. The lowest BCUT2D eigenvalue weighted by Gasteiger charge is -2.19. The van der Waals surface area contributed by atoms with Gasteiger partial charge in [0.05, 0.1) is 24.6 Å². The van der Waals surface area contributed by atoms with E-state index in [1.165, 1.54) is 4.90 Å². The first kappa shape index (κ1) is 20.4. The summed E-state index contributed by atoms with van der Waals surface area (Å²) in [6.07, 6.45) is 3.34. The van der Waals surface area contributed by atoms with Crippen molar-refractivity contribution in [3.8, 4) is 11.5 Å². The molecule has 0 N–H and O–H groups in total. The van der Waals surface area contributed by atoms with Crippen molar-refractivity contribution >= 4 is 34.9 Å². The molecule has 0 aromatic heterocycles. The van der Waals surface area contributed by atoms with Crippen molar-refractivity contribution < 1.29 is 23.9 Å². The molecule has 156 valence electrons. The molecule has 1 saturated carbocycles. The average molecular weight is 428 g/mol. The van der Waals surface area contributed by atoms with Gasteiger partial charge in [0.15, 0.2) is 12.4 Å². The highest BCUT2D eigenvalue weighted by Gasteiger charge is 2.49. The lowest BCUT2D eigenvalue weighted by atomic mass is 9.81. The van der Waals surface area contributed by atoms with Crippen molar-refractivity contribution in [1.29, 1.82) is 0 Å². The molecule has 2 atom stereocenters. The molecule has 6 nitrogen and oxygen atoms in total. The van der Waals surface area contributed by atoms with Crippen LogP contribution in [-0.4, -0.2) is 31.3 Å². The Kier molecular flexibility index (Phi) is 5.77. The number of Topliss-reactive ketones (excluding diaryl/α,β-unsaturated/α-hetero) is 1. The molecule has 1 saturated heterocycles. The molecular weight excluding hydrogens is 406 g/mol. The molecule has 1 aliphatic heterocycles. The molecule has 30 heavy (non-hydrogen) atoms. The van der Waals surface area contributed by atoms with Crippen LogP contribution in [0.15, 0.2) is 42.5 Å². The maximum absolute atomic E-state index is 13.0. The zero-order chi connectivity index (χ0) is 21.3. The number of rotatable bonds is 6. The van der Waals surface area contributed by atoms with Crippen LogP contribution in [-0.2, 0) is 9.59 Å². The van der Waals surface area contributed by atoms with Crippen LogP contribution < -0.4 is 14.4 Å². The smallest absolute Gasteiger partial charge is 0.237 e. The second kappa shape index (κ2) is 8.48. The van der Waals surface area contributed by atoms with E-state index in [0.29, 0.717) is 22.0 Å². The van der Waals surface area contributed by atoms with Gasteiger partial charge in [0.2, 0.25) is 11.8 Å². The number of methoxy groups -OCH3 is 1. The molecule has 4 rings (SSSR count). The van der Waals surface area contributed by atoms with Crippen LogP contribution in [0.25, 0.3) is 0 Å². The Labute approximate surface area is 179 Å². The Morgan fingerprint density at radius 3 is 2.27 bits per heavy atom. The van der Waals surface area contributed by atoms with Gasteiger partial charge in [-0.15, -0.1) is 0 Å². The van der Waals surface area contributed by atoms with Crippen LogP contribution in [0.5, 0.6) is 11.5 Å². The number of ketones is 1. The number of carbonyl (C=O) groups is 3. The number of nitrogens with zero attached hydrogens (tertiary/aromatic N) is 1. The van der Waals surface area contributed by atoms with E-state index in [0.717, 1.165) is 25.7 Å². The highest BCUT2D eigenvalue weighted by molar-refractivity contribution is 6.31. The summed E-state index contributed by atoms with van der Waals surface area (Å²) in [7, 11) is 1.55. The third-order valence-corrected chi connectivity index (χ3v) is 6.01. The molecule has 2 aromatic carbocycles. The summed E-state index contributed by atoms with van der Waals surface area (Å²) in [6.45, 7) is -0.232. The number of fused-ring (bicyclic) bond motifs is 1. The number of hydrogen-bond acceptors (Lipinski definition) is 5. The highest BCUT2D eigenvalue weighted by atomic mass is 35.5. The van der Waals surface area contributed by atoms with E-state index < -0.39 is 0 Å². The molecule has 2 amide bonds. The van der Waals surface area contributed by atoms with Crippen LogP contribution in [0.1, 0.15) is 36.0 Å². The Bertz CT molecular complexity index is 964. The second-order valence-electron chi connectivity index (χ2n) is 7.56. The van der Waals surface area contributed by atoms with Gasteiger partial charge in [0.1, 0.15) is 11.5 Å². The van der Waals surface area contributed by atoms with Gasteiger partial charge in [-0.25, -0.2) is 4.90 Å². The number of anilines is 1. The summed E-state index contributed by atoms with van der Waals surface area (Å²) in [6, 6.07) is 11.4. The summed E-state index contributed by atoms with van der Waals surface area (Å²) in [5.74, 6) is -0.275. The minimum Gasteiger partial charge on any atom is -0.497 e. The lowest BCUT2D eigenvalue weighted by molar-refractivity contribution is -0.122. The standard InChI is InChI=1S/C23H22ClNO5/c1-29-16-9-6-14(7-10-16)20(26)13-30-21-11-8-15(24)12-19(21)25-22(27)17-4-2-3-5-18(17)23(25)28/h6-12,17-18H,2-5,13H2,1H3. The van der Waals surface area contributed by atoms with Crippen molar-refractivity contribution in [2.24, 2.45) is 11.8 Å². The zero-order valence-electron chi connectivity index (χ0n) is 16.6. The predicted octanol–water partition coefficient (Wildman–Crippen LogP) is 4.29. The van der Waals surface area contributed by atoms with Crippen molar-refractivity contribution in [3.05, 3.63) is 53.1 Å². The number of halogens is 1. The fraction of sp³-hybridized carbons (Fsp3) is 0.348. The summed E-state index contributed by atoms with van der Waals surface area (Å²) >= 11 is 6.15. The first-order chi connectivity index (χ1) is 14.5. The van der Waals surface area contributed by atoms with E-state index >= 15 is 0 Å². The fourth-order valence-corrected chi connectivity index (χ4v) is 4.36. The number of imide groups is 1. The molecule has 2 aromatic rings. The number of ether oxygens (including phenoxy) is 2. The zero-order valence-corrected chi connectivity index (χ0v) is 17.4. The van der Waals surface area contributed by atoms with E-state index in [-0.39, 0.29) is 41.8 Å². The van der Waals surface area contributed by atoms with E-state index in [2.05, 4.69) is 0 Å². The van der Waals surface area contributed by atoms with Crippen molar-refractivity contribution in [3.63, 3.8) is 0 Å². The predicted molar refractivity (Wildman–Crippen MR) is 112 cm³/mol. The van der Waals surface area contributed by atoms with Gasteiger partial charge in [-0.05, 0) is 55.3 Å². The van der Waals surface area contributed by atoms with Crippen LogP contribution in [0.4, 0.5) is 5.69 Å². The Morgan fingerprint density at radius 1 is 1.03 bits per heavy atom. The van der Waals surface area contributed by atoms with Crippen LogP contribution in [0, 0.1) is 11.8 Å². The highest BCUT2D eigenvalue weighted by Crippen LogP contribution is 2.43. The van der Waals surface area contributed by atoms with Gasteiger partial charge >= 0.3 is 0 Å². The quantitative estimate of drug-likeness (QED) is 0.508. The number of amides is 2. The number of hydrogen-bond donors (Lipinski definition) is 0. The minimum absolute atomic E-state index is 0.210. The maximum Gasteiger partial charge on any atom is 0.237 e. The largest absolute Gasteiger partial charge is 0.497 e. The Balaban J connectivity index is 1.55. The SMILES string of the molecule is COc1ccc(C(=O)COc2ccc(Cl)cc2N2C(=O)C3CCCCC3C2=O)cc1. The number of benzene rings is 2. The van der Waals surface area contributed by atoms with Crippen molar-refractivity contribution in [1.82, 2.24) is 0 Å². The first-order valence-electron chi connectivity index (χ1n) is 9.97. The second-order valence-corrected chi connectivity index (χ2v) is 8.00. The van der Waals surface area contributed by atoms with E-state index in [9.17, 15) is 14.4 Å². The summed E-state index contributed by atoms with van der Waals surface area (Å²) in [4.78, 5) is 39.6.